The third-order valence-corrected chi connectivity index (χ3v) is 5.79. The number of piperazine rings is 1. The second-order valence-electron chi connectivity index (χ2n) is 8.90. The van der Waals surface area contributed by atoms with E-state index in [-0.39, 0.29) is 24.0 Å². The number of hydrogen-bond acceptors (Lipinski definition) is 4. The molecule has 1 aliphatic rings. The molecule has 33 heavy (non-hydrogen) atoms. The Morgan fingerprint density at radius 2 is 1.70 bits per heavy atom. The first kappa shape index (κ1) is 24.6. The van der Waals surface area contributed by atoms with Crippen LogP contribution in [0.15, 0.2) is 42.5 Å². The Balaban J connectivity index is 1.43. The van der Waals surface area contributed by atoms with Gasteiger partial charge < -0.3 is 19.9 Å². The molecule has 3 rings (SSSR count). The van der Waals surface area contributed by atoms with Crippen LogP contribution in [0.2, 0.25) is 0 Å². The Morgan fingerprint density at radius 1 is 1.03 bits per heavy atom. The van der Waals surface area contributed by atoms with Crippen molar-refractivity contribution in [3.8, 4) is 5.75 Å². The number of halogens is 1. The lowest BCUT2D eigenvalue weighted by molar-refractivity contribution is 0.101. The van der Waals surface area contributed by atoms with Gasteiger partial charge in [-0.25, -0.2) is 9.18 Å². The molecule has 2 aromatic rings. The number of carbonyl (C=O) groups excluding carboxylic acids is 2. The molecule has 1 atom stereocenters. The molecule has 0 aromatic heterocycles. The molecule has 0 aliphatic carbocycles. The van der Waals surface area contributed by atoms with Crippen LogP contribution in [-0.2, 0) is 6.42 Å². The van der Waals surface area contributed by atoms with Crippen molar-refractivity contribution in [1.82, 2.24) is 10.2 Å². The minimum absolute atomic E-state index is 0.0405. The first-order chi connectivity index (χ1) is 15.7. The summed E-state index contributed by atoms with van der Waals surface area (Å²) in [7, 11) is 0. The van der Waals surface area contributed by atoms with E-state index in [9.17, 15) is 14.0 Å². The van der Waals surface area contributed by atoms with Crippen LogP contribution in [0.3, 0.4) is 0 Å². The Bertz CT molecular complexity index is 954. The van der Waals surface area contributed by atoms with Crippen LogP contribution in [0.25, 0.3) is 0 Å². The first-order valence-corrected chi connectivity index (χ1v) is 11.6. The summed E-state index contributed by atoms with van der Waals surface area (Å²) in [6.45, 7) is 9.56. The van der Waals surface area contributed by atoms with Crippen molar-refractivity contribution in [2.45, 2.75) is 52.7 Å². The molecule has 1 heterocycles. The standard InChI is InChI=1S/C26H34FN3O3/c1-18(2)33-23-10-7-21(8-11-23)6-5-19(3)28-26(32)30-15-13-29(14-16-30)25-12-9-22(20(4)31)17-24(25)27/h7-12,17-19H,5-6,13-16H2,1-4H3,(H,28,32). The number of nitrogens with zero attached hydrogens (tertiary/aromatic N) is 2. The van der Waals surface area contributed by atoms with E-state index in [1.54, 1.807) is 17.0 Å². The van der Waals surface area contributed by atoms with E-state index >= 15 is 0 Å². The number of Topliss-reactive ketones (excluding diaryl/α,β-unsaturated/α-hetero) is 1. The summed E-state index contributed by atoms with van der Waals surface area (Å²) >= 11 is 0. The maximum atomic E-state index is 14.4. The van der Waals surface area contributed by atoms with Crippen LogP contribution >= 0.6 is 0 Å². The van der Waals surface area contributed by atoms with Crippen LogP contribution < -0.4 is 15.0 Å². The fourth-order valence-corrected chi connectivity index (χ4v) is 3.90. The number of anilines is 1. The molecule has 7 heteroatoms. The summed E-state index contributed by atoms with van der Waals surface area (Å²) in [6, 6.07) is 12.6. The maximum absolute atomic E-state index is 14.4. The summed E-state index contributed by atoms with van der Waals surface area (Å²) in [5.74, 6) is 0.301. The van der Waals surface area contributed by atoms with Crippen molar-refractivity contribution in [3.05, 3.63) is 59.4 Å². The first-order valence-electron chi connectivity index (χ1n) is 11.6. The van der Waals surface area contributed by atoms with Gasteiger partial charge in [0.05, 0.1) is 11.8 Å². The zero-order valence-electron chi connectivity index (χ0n) is 19.9. The van der Waals surface area contributed by atoms with Gasteiger partial charge in [0.25, 0.3) is 0 Å². The van der Waals surface area contributed by atoms with E-state index in [1.807, 2.05) is 37.8 Å². The predicted molar refractivity (Wildman–Crippen MR) is 129 cm³/mol. The SMILES string of the molecule is CC(=O)c1ccc(N2CCN(C(=O)NC(C)CCc3ccc(OC(C)C)cc3)CC2)c(F)c1. The second kappa shape index (κ2) is 11.2. The van der Waals surface area contributed by atoms with Crippen LogP contribution in [0.5, 0.6) is 5.75 Å². The number of aryl methyl sites for hydroxylation is 1. The topological polar surface area (TPSA) is 61.9 Å². The van der Waals surface area contributed by atoms with Crippen molar-refractivity contribution in [2.75, 3.05) is 31.1 Å². The normalized spacial score (nSPS) is 14.8. The fourth-order valence-electron chi connectivity index (χ4n) is 3.90. The van der Waals surface area contributed by atoms with Crippen molar-refractivity contribution in [1.29, 1.82) is 0 Å². The second-order valence-corrected chi connectivity index (χ2v) is 8.90. The van der Waals surface area contributed by atoms with Gasteiger partial charge in [-0.2, -0.15) is 0 Å². The van der Waals surface area contributed by atoms with Crippen molar-refractivity contribution in [2.24, 2.45) is 0 Å². The van der Waals surface area contributed by atoms with Crippen LogP contribution in [0, 0.1) is 5.82 Å². The van der Waals surface area contributed by atoms with Crippen LogP contribution in [0.1, 0.15) is 50.0 Å². The summed E-state index contributed by atoms with van der Waals surface area (Å²) < 4.78 is 20.1. The van der Waals surface area contributed by atoms with Gasteiger partial charge in [0, 0.05) is 37.8 Å². The Hall–Kier alpha value is -3.09. The van der Waals surface area contributed by atoms with Crippen molar-refractivity contribution in [3.63, 3.8) is 0 Å². The summed E-state index contributed by atoms with van der Waals surface area (Å²) in [5.41, 5.74) is 2.04. The van der Waals surface area contributed by atoms with E-state index in [0.29, 0.717) is 37.4 Å². The molecule has 0 saturated carbocycles. The predicted octanol–water partition coefficient (Wildman–Crippen LogP) is 4.67. The third kappa shape index (κ3) is 6.94. The zero-order chi connectivity index (χ0) is 24.0. The number of urea groups is 1. The van der Waals surface area contributed by atoms with Gasteiger partial charge in [-0.15, -0.1) is 0 Å². The highest BCUT2D eigenvalue weighted by molar-refractivity contribution is 5.94. The molecule has 6 nitrogen and oxygen atoms in total. The molecule has 0 spiro atoms. The van der Waals surface area contributed by atoms with Gasteiger partial charge in [-0.05, 0) is 76.4 Å². The lowest BCUT2D eigenvalue weighted by Crippen LogP contribution is -2.53. The van der Waals surface area contributed by atoms with Crippen LogP contribution in [0.4, 0.5) is 14.9 Å². The summed E-state index contributed by atoms with van der Waals surface area (Å²) in [4.78, 5) is 27.8. The smallest absolute Gasteiger partial charge is 0.317 e. The lowest BCUT2D eigenvalue weighted by atomic mass is 10.1. The highest BCUT2D eigenvalue weighted by atomic mass is 19.1. The van der Waals surface area contributed by atoms with Gasteiger partial charge in [0.1, 0.15) is 11.6 Å². The molecule has 2 aromatic carbocycles. The number of benzene rings is 2. The molecule has 0 radical (unpaired) electrons. The van der Waals surface area contributed by atoms with E-state index in [1.165, 1.54) is 18.6 Å². The largest absolute Gasteiger partial charge is 0.491 e. The summed E-state index contributed by atoms with van der Waals surface area (Å²) in [5, 5.41) is 3.08. The quantitative estimate of drug-likeness (QED) is 0.588. The fraction of sp³-hybridized carbons (Fsp3) is 0.462. The molecule has 1 N–H and O–H groups in total. The highest BCUT2D eigenvalue weighted by Crippen LogP contribution is 2.22. The zero-order valence-corrected chi connectivity index (χ0v) is 19.9. The van der Waals surface area contributed by atoms with E-state index in [2.05, 4.69) is 17.4 Å². The van der Waals surface area contributed by atoms with Gasteiger partial charge in [0.2, 0.25) is 0 Å². The minimum Gasteiger partial charge on any atom is -0.491 e. The van der Waals surface area contributed by atoms with E-state index in [4.69, 9.17) is 4.74 Å². The molecule has 2 amide bonds. The number of carbonyl (C=O) groups is 2. The average molecular weight is 456 g/mol. The molecule has 1 fully saturated rings. The lowest BCUT2D eigenvalue weighted by Gasteiger charge is -2.36. The molecule has 0 bridgehead atoms. The Labute approximate surface area is 195 Å². The molecule has 1 aliphatic heterocycles. The number of rotatable bonds is 8. The van der Waals surface area contributed by atoms with Crippen LogP contribution in [-0.4, -0.2) is 55.0 Å². The number of ether oxygens (including phenoxy) is 1. The number of amides is 2. The molecule has 178 valence electrons. The Morgan fingerprint density at radius 3 is 2.27 bits per heavy atom. The van der Waals surface area contributed by atoms with Gasteiger partial charge in [-0.3, -0.25) is 4.79 Å². The molecule has 1 saturated heterocycles. The Kier molecular flexibility index (Phi) is 8.31. The minimum atomic E-state index is -0.405. The van der Waals surface area contributed by atoms with Crippen molar-refractivity contribution < 1.29 is 18.7 Å². The van der Waals surface area contributed by atoms with Gasteiger partial charge >= 0.3 is 6.03 Å². The number of hydrogen-bond donors (Lipinski definition) is 1. The highest BCUT2D eigenvalue weighted by Gasteiger charge is 2.24. The van der Waals surface area contributed by atoms with Gasteiger partial charge in [0.15, 0.2) is 5.78 Å². The number of ketones is 1. The third-order valence-electron chi connectivity index (χ3n) is 5.79. The van der Waals surface area contributed by atoms with E-state index < -0.39 is 5.82 Å². The maximum Gasteiger partial charge on any atom is 0.317 e. The molecular weight excluding hydrogens is 421 g/mol. The van der Waals surface area contributed by atoms with E-state index in [0.717, 1.165) is 18.6 Å². The summed E-state index contributed by atoms with van der Waals surface area (Å²) in [6.07, 6.45) is 1.86. The van der Waals surface area contributed by atoms with Crippen molar-refractivity contribution >= 4 is 17.5 Å². The monoisotopic (exact) mass is 455 g/mol. The number of nitrogens with one attached hydrogen (secondary N) is 1. The average Bonchev–Trinajstić information content (AvgIpc) is 2.78. The molecule has 1 unspecified atom stereocenters. The van der Waals surface area contributed by atoms with Gasteiger partial charge in [-0.1, -0.05) is 12.1 Å². The molecular formula is C26H34FN3O3.